The molecule has 2 heterocycles. The molecule has 56 valence electrons. The van der Waals surface area contributed by atoms with Gasteiger partial charge in [-0.1, -0.05) is 0 Å². The molecule has 4 atom stereocenters. The average Bonchev–Trinajstić information content (AvgIpc) is 2.50. The van der Waals surface area contributed by atoms with Crippen molar-refractivity contribution in [1.82, 2.24) is 0 Å². The van der Waals surface area contributed by atoms with E-state index in [1.165, 1.54) is 12.8 Å². The van der Waals surface area contributed by atoms with Crippen LogP contribution >= 0.6 is 0 Å². The number of hydrogen-bond acceptors (Lipinski definition) is 2. The maximum absolute atomic E-state index is 5.27. The van der Waals surface area contributed by atoms with Crippen LogP contribution in [0.1, 0.15) is 12.8 Å². The molecule has 0 aromatic carbocycles. The van der Waals surface area contributed by atoms with Crippen LogP contribution in [0.3, 0.4) is 0 Å². The smallest absolute Gasteiger partial charge is 0.0841 e. The molecule has 2 nitrogen and oxygen atoms in total. The molecular weight excluding hydrogens is 128 g/mol. The fraction of sp³-hybridized carbons (Fsp3) is 1.00. The van der Waals surface area contributed by atoms with E-state index in [-0.39, 0.29) is 0 Å². The highest BCUT2D eigenvalue weighted by molar-refractivity contribution is 4.97. The molecule has 0 radical (unpaired) electrons. The Balaban J connectivity index is 1.64. The van der Waals surface area contributed by atoms with Crippen molar-refractivity contribution >= 4 is 0 Å². The third kappa shape index (κ3) is 0.722. The molecule has 3 fully saturated rings. The lowest BCUT2D eigenvalue weighted by Gasteiger charge is -2.34. The highest BCUT2D eigenvalue weighted by atomic mass is 16.6. The van der Waals surface area contributed by atoms with Crippen LogP contribution < -0.4 is 0 Å². The largest absolute Gasteiger partial charge is 0.373 e. The van der Waals surface area contributed by atoms with E-state index in [4.69, 9.17) is 9.47 Å². The van der Waals surface area contributed by atoms with E-state index in [1.807, 2.05) is 0 Å². The molecule has 0 bridgehead atoms. The van der Waals surface area contributed by atoms with Crippen LogP contribution in [0.2, 0.25) is 0 Å². The Morgan fingerprint density at radius 2 is 1.20 bits per heavy atom. The van der Waals surface area contributed by atoms with Crippen LogP contribution in [0, 0.1) is 11.8 Å². The third-order valence-electron chi connectivity index (χ3n) is 3.06. The molecule has 10 heavy (non-hydrogen) atoms. The SMILES string of the molecule is C1C[C@H]([C@@H]2CO2)[C@H]1[C@@H]1CO1. The van der Waals surface area contributed by atoms with E-state index in [0.29, 0.717) is 12.2 Å². The first-order chi connectivity index (χ1) is 4.95. The van der Waals surface area contributed by atoms with Gasteiger partial charge in [0.2, 0.25) is 0 Å². The third-order valence-corrected chi connectivity index (χ3v) is 3.06. The second-order valence-corrected chi connectivity index (χ2v) is 3.65. The molecule has 0 spiro atoms. The Morgan fingerprint density at radius 1 is 0.800 bits per heavy atom. The number of ether oxygens (including phenoxy) is 2. The van der Waals surface area contributed by atoms with Gasteiger partial charge in [0.15, 0.2) is 0 Å². The standard InChI is InChI=1S/C8H12O2/c1-2-6(8-4-10-8)5(1)7-3-9-7/h5-8H,1-4H2/t5-,6-,7-,8-/m0/s1. The van der Waals surface area contributed by atoms with Crippen LogP contribution in [0.25, 0.3) is 0 Å². The van der Waals surface area contributed by atoms with Gasteiger partial charge in [-0.25, -0.2) is 0 Å². The molecule has 0 unspecified atom stereocenters. The van der Waals surface area contributed by atoms with Crippen LogP contribution in [0.4, 0.5) is 0 Å². The summed E-state index contributed by atoms with van der Waals surface area (Å²) in [6, 6.07) is 0. The molecule has 1 aliphatic carbocycles. The Hall–Kier alpha value is -0.0800. The number of hydrogen-bond donors (Lipinski definition) is 0. The van der Waals surface area contributed by atoms with Gasteiger partial charge in [-0.2, -0.15) is 0 Å². The first kappa shape index (κ1) is 5.56. The molecule has 1 saturated carbocycles. The lowest BCUT2D eigenvalue weighted by molar-refractivity contribution is 0.102. The Kier molecular flexibility index (Phi) is 0.968. The van der Waals surface area contributed by atoms with Gasteiger partial charge in [-0.05, 0) is 24.7 Å². The summed E-state index contributed by atoms with van der Waals surface area (Å²) in [5.41, 5.74) is 0. The predicted molar refractivity (Wildman–Crippen MR) is 35.7 cm³/mol. The van der Waals surface area contributed by atoms with E-state index in [1.54, 1.807) is 0 Å². The van der Waals surface area contributed by atoms with Gasteiger partial charge in [-0.3, -0.25) is 0 Å². The van der Waals surface area contributed by atoms with Gasteiger partial charge in [-0.15, -0.1) is 0 Å². The fourth-order valence-electron chi connectivity index (χ4n) is 2.08. The van der Waals surface area contributed by atoms with E-state index < -0.39 is 0 Å². The minimum absolute atomic E-state index is 0.628. The molecular formula is C8H12O2. The maximum atomic E-state index is 5.27. The van der Waals surface area contributed by atoms with Crippen molar-refractivity contribution in [1.29, 1.82) is 0 Å². The average molecular weight is 140 g/mol. The highest BCUT2D eigenvalue weighted by Crippen LogP contribution is 2.47. The summed E-state index contributed by atoms with van der Waals surface area (Å²) < 4.78 is 10.5. The predicted octanol–water partition coefficient (Wildman–Crippen LogP) is 0.810. The summed E-state index contributed by atoms with van der Waals surface area (Å²) in [6.07, 6.45) is 4.02. The second kappa shape index (κ2) is 1.74. The first-order valence-corrected chi connectivity index (χ1v) is 4.18. The zero-order chi connectivity index (χ0) is 6.55. The van der Waals surface area contributed by atoms with Crippen LogP contribution in [0.5, 0.6) is 0 Å². The molecule has 3 aliphatic rings. The van der Waals surface area contributed by atoms with Crippen molar-refractivity contribution in [3.8, 4) is 0 Å². The summed E-state index contributed by atoms with van der Waals surface area (Å²) in [4.78, 5) is 0. The maximum Gasteiger partial charge on any atom is 0.0841 e. The van der Waals surface area contributed by atoms with Gasteiger partial charge in [0.1, 0.15) is 0 Å². The molecule has 0 aromatic heterocycles. The number of rotatable bonds is 2. The first-order valence-electron chi connectivity index (χ1n) is 4.18. The molecule has 0 N–H and O–H groups in total. The van der Waals surface area contributed by atoms with Gasteiger partial charge in [0, 0.05) is 0 Å². The van der Waals surface area contributed by atoms with Crippen molar-refractivity contribution in [3.05, 3.63) is 0 Å². The summed E-state index contributed by atoms with van der Waals surface area (Å²) >= 11 is 0. The van der Waals surface area contributed by atoms with Crippen LogP contribution in [-0.4, -0.2) is 25.4 Å². The highest BCUT2D eigenvalue weighted by Gasteiger charge is 2.50. The monoisotopic (exact) mass is 140 g/mol. The van der Waals surface area contributed by atoms with Crippen molar-refractivity contribution in [2.75, 3.05) is 13.2 Å². The minimum Gasteiger partial charge on any atom is -0.373 e. The van der Waals surface area contributed by atoms with Crippen LogP contribution in [0.15, 0.2) is 0 Å². The Labute approximate surface area is 60.5 Å². The van der Waals surface area contributed by atoms with Gasteiger partial charge < -0.3 is 9.47 Å². The van der Waals surface area contributed by atoms with E-state index in [9.17, 15) is 0 Å². The lowest BCUT2D eigenvalue weighted by Crippen LogP contribution is -2.34. The van der Waals surface area contributed by atoms with Crippen molar-refractivity contribution in [2.45, 2.75) is 25.0 Å². The van der Waals surface area contributed by atoms with Gasteiger partial charge in [0.25, 0.3) is 0 Å². The van der Waals surface area contributed by atoms with Crippen molar-refractivity contribution in [3.63, 3.8) is 0 Å². The Bertz CT molecular complexity index is 131. The fourth-order valence-corrected chi connectivity index (χ4v) is 2.08. The van der Waals surface area contributed by atoms with E-state index in [0.717, 1.165) is 25.0 Å². The van der Waals surface area contributed by atoms with E-state index in [2.05, 4.69) is 0 Å². The van der Waals surface area contributed by atoms with Crippen LogP contribution in [-0.2, 0) is 9.47 Å². The van der Waals surface area contributed by atoms with E-state index >= 15 is 0 Å². The summed E-state index contributed by atoms with van der Waals surface area (Å²) in [6.45, 7) is 2.04. The number of epoxide rings is 2. The van der Waals surface area contributed by atoms with Gasteiger partial charge >= 0.3 is 0 Å². The molecule has 2 aliphatic heterocycles. The molecule has 2 saturated heterocycles. The minimum atomic E-state index is 0.628. The zero-order valence-electron chi connectivity index (χ0n) is 5.95. The topological polar surface area (TPSA) is 25.1 Å². The summed E-state index contributed by atoms with van der Waals surface area (Å²) in [5, 5.41) is 0. The summed E-state index contributed by atoms with van der Waals surface area (Å²) in [7, 11) is 0. The Morgan fingerprint density at radius 3 is 1.40 bits per heavy atom. The zero-order valence-corrected chi connectivity index (χ0v) is 5.95. The second-order valence-electron chi connectivity index (χ2n) is 3.65. The molecule has 3 rings (SSSR count). The normalized spacial score (nSPS) is 57.6. The van der Waals surface area contributed by atoms with Crippen molar-refractivity contribution in [2.24, 2.45) is 11.8 Å². The van der Waals surface area contributed by atoms with Gasteiger partial charge in [0.05, 0.1) is 25.4 Å². The van der Waals surface area contributed by atoms with Crippen molar-refractivity contribution < 1.29 is 9.47 Å². The molecule has 0 amide bonds. The molecule has 2 heteroatoms. The molecule has 0 aromatic rings. The lowest BCUT2D eigenvalue weighted by atomic mass is 9.70. The summed E-state index contributed by atoms with van der Waals surface area (Å²) in [5.74, 6) is 1.74. The quantitative estimate of drug-likeness (QED) is 0.530.